The molecule has 0 spiro atoms. The largest absolute Gasteiger partial charge is 0.356 e. The molecule has 3 nitrogen and oxygen atoms in total. The van der Waals surface area contributed by atoms with E-state index in [9.17, 15) is 0 Å². The summed E-state index contributed by atoms with van der Waals surface area (Å²) in [6.45, 7) is 3.14. The molecule has 1 saturated heterocycles. The molecular weight excluding hydrogens is 176 g/mol. The molecule has 1 aliphatic heterocycles. The van der Waals surface area contributed by atoms with Crippen molar-refractivity contribution in [1.29, 1.82) is 0 Å². The van der Waals surface area contributed by atoms with E-state index in [0.29, 0.717) is 6.04 Å². The van der Waals surface area contributed by atoms with Crippen molar-refractivity contribution in [3.05, 3.63) is 23.6 Å². The minimum absolute atomic E-state index is 0.681. The quantitative estimate of drug-likeness (QED) is 0.733. The molecule has 3 rings (SSSR count). The smallest absolute Gasteiger partial charge is 0.162 e. The minimum atomic E-state index is 0.681. The van der Waals surface area contributed by atoms with Gasteiger partial charge in [-0.2, -0.15) is 0 Å². The topological polar surface area (TPSA) is 38.1 Å². The van der Waals surface area contributed by atoms with Gasteiger partial charge < -0.3 is 9.84 Å². The molecule has 2 atom stereocenters. The number of nitrogens with one attached hydrogen (secondary N) is 1. The summed E-state index contributed by atoms with van der Waals surface area (Å²) in [6, 6.07) is 2.70. The molecule has 14 heavy (non-hydrogen) atoms. The number of aryl methyl sites for hydroxylation is 1. The van der Waals surface area contributed by atoms with Crippen molar-refractivity contribution in [1.82, 2.24) is 10.5 Å². The zero-order valence-corrected chi connectivity index (χ0v) is 8.29. The number of allylic oxidation sites excluding steroid dienone is 1. The van der Waals surface area contributed by atoms with Crippen LogP contribution in [0.15, 0.2) is 16.7 Å². The van der Waals surface area contributed by atoms with Crippen molar-refractivity contribution in [2.75, 3.05) is 6.54 Å². The Morgan fingerprint density at radius 2 is 2.50 bits per heavy atom. The van der Waals surface area contributed by atoms with Crippen LogP contribution in [0.1, 0.15) is 24.3 Å². The normalized spacial score (nSPS) is 30.5. The van der Waals surface area contributed by atoms with Gasteiger partial charge in [0.05, 0.1) is 5.69 Å². The van der Waals surface area contributed by atoms with E-state index in [0.717, 1.165) is 23.8 Å². The molecule has 0 amide bonds. The van der Waals surface area contributed by atoms with Gasteiger partial charge in [0.25, 0.3) is 0 Å². The van der Waals surface area contributed by atoms with E-state index in [4.69, 9.17) is 4.52 Å². The van der Waals surface area contributed by atoms with E-state index in [-0.39, 0.29) is 0 Å². The number of fused-ring (bicyclic) bond motifs is 1. The molecule has 2 aliphatic rings. The van der Waals surface area contributed by atoms with Crippen LogP contribution in [0.2, 0.25) is 0 Å². The second-order valence-electron chi connectivity index (χ2n) is 4.28. The van der Waals surface area contributed by atoms with Crippen molar-refractivity contribution >= 4 is 5.57 Å². The Morgan fingerprint density at radius 1 is 1.57 bits per heavy atom. The van der Waals surface area contributed by atoms with Crippen LogP contribution >= 0.6 is 0 Å². The lowest BCUT2D eigenvalue weighted by Gasteiger charge is -2.40. The molecule has 0 unspecified atom stereocenters. The summed E-state index contributed by atoms with van der Waals surface area (Å²) in [5, 5.41) is 7.37. The van der Waals surface area contributed by atoms with E-state index < -0.39 is 0 Å². The Bertz CT molecular complexity index is 380. The SMILES string of the molecule is Cc1cc(C2=CC[C@@H]3CN[C@@H]3C2)on1. The van der Waals surface area contributed by atoms with Crippen molar-refractivity contribution < 1.29 is 4.52 Å². The maximum absolute atomic E-state index is 5.27. The van der Waals surface area contributed by atoms with E-state index in [1.54, 1.807) is 0 Å². The van der Waals surface area contributed by atoms with Crippen LogP contribution in [0.5, 0.6) is 0 Å². The van der Waals surface area contributed by atoms with E-state index in [2.05, 4.69) is 16.5 Å². The minimum Gasteiger partial charge on any atom is -0.356 e. The number of aromatic nitrogens is 1. The molecule has 1 N–H and O–H groups in total. The summed E-state index contributed by atoms with van der Waals surface area (Å²) >= 11 is 0. The summed E-state index contributed by atoms with van der Waals surface area (Å²) in [7, 11) is 0. The summed E-state index contributed by atoms with van der Waals surface area (Å²) in [6.07, 6.45) is 4.59. The standard InChI is InChI=1S/C11H14N2O/c1-7-4-11(14-13-7)8-2-3-9-6-12-10(9)5-8/h2,4,9-10,12H,3,5-6H2,1H3/t9-,10-/m1/s1. The third-order valence-electron chi connectivity index (χ3n) is 3.26. The summed E-state index contributed by atoms with van der Waals surface area (Å²) in [5.74, 6) is 1.82. The molecule has 3 heteroatoms. The highest BCUT2D eigenvalue weighted by Gasteiger charge is 2.33. The van der Waals surface area contributed by atoms with Gasteiger partial charge in [-0.3, -0.25) is 0 Å². The molecular formula is C11H14N2O. The molecule has 0 aromatic carbocycles. The lowest BCUT2D eigenvalue weighted by atomic mass is 9.79. The van der Waals surface area contributed by atoms with Crippen LogP contribution in [-0.4, -0.2) is 17.7 Å². The van der Waals surface area contributed by atoms with Crippen LogP contribution < -0.4 is 5.32 Å². The Balaban J connectivity index is 1.85. The first-order chi connectivity index (χ1) is 6.83. The van der Waals surface area contributed by atoms with Crippen molar-refractivity contribution in [2.24, 2.45) is 5.92 Å². The second-order valence-corrected chi connectivity index (χ2v) is 4.28. The third kappa shape index (κ3) is 1.20. The lowest BCUT2D eigenvalue weighted by Crippen LogP contribution is -2.53. The predicted molar refractivity (Wildman–Crippen MR) is 53.7 cm³/mol. The molecule has 1 aromatic rings. The fourth-order valence-electron chi connectivity index (χ4n) is 2.27. The third-order valence-corrected chi connectivity index (χ3v) is 3.26. The highest BCUT2D eigenvalue weighted by molar-refractivity contribution is 5.63. The highest BCUT2D eigenvalue weighted by atomic mass is 16.5. The molecule has 0 radical (unpaired) electrons. The molecule has 0 bridgehead atoms. The van der Waals surface area contributed by atoms with Crippen LogP contribution in [0.25, 0.3) is 5.57 Å². The van der Waals surface area contributed by atoms with Gasteiger partial charge in [-0.15, -0.1) is 0 Å². The number of nitrogens with zero attached hydrogens (tertiary/aromatic N) is 1. The lowest BCUT2D eigenvalue weighted by molar-refractivity contribution is 0.229. The van der Waals surface area contributed by atoms with Gasteiger partial charge in [0, 0.05) is 18.7 Å². The highest BCUT2D eigenvalue weighted by Crippen LogP contribution is 2.34. The van der Waals surface area contributed by atoms with Gasteiger partial charge in [-0.05, 0) is 31.3 Å². The Hall–Kier alpha value is -1.09. The molecule has 74 valence electrons. The fourth-order valence-corrected chi connectivity index (χ4v) is 2.27. The number of rotatable bonds is 1. The fraction of sp³-hybridized carbons (Fsp3) is 0.545. The van der Waals surface area contributed by atoms with E-state index in [1.165, 1.54) is 18.5 Å². The van der Waals surface area contributed by atoms with E-state index >= 15 is 0 Å². The average Bonchev–Trinajstić information content (AvgIpc) is 2.54. The molecule has 2 heterocycles. The number of hydrogen-bond acceptors (Lipinski definition) is 3. The van der Waals surface area contributed by atoms with Crippen LogP contribution in [-0.2, 0) is 0 Å². The van der Waals surface area contributed by atoms with Crippen molar-refractivity contribution in [3.63, 3.8) is 0 Å². The van der Waals surface area contributed by atoms with Crippen LogP contribution in [0, 0.1) is 12.8 Å². The van der Waals surface area contributed by atoms with Crippen LogP contribution in [0.3, 0.4) is 0 Å². The summed E-state index contributed by atoms with van der Waals surface area (Å²) < 4.78 is 5.27. The van der Waals surface area contributed by atoms with Crippen molar-refractivity contribution in [3.8, 4) is 0 Å². The number of hydrogen-bond donors (Lipinski definition) is 1. The molecule has 1 aromatic heterocycles. The molecule has 1 fully saturated rings. The summed E-state index contributed by atoms with van der Waals surface area (Å²) in [5.41, 5.74) is 2.28. The van der Waals surface area contributed by atoms with Gasteiger partial charge in [-0.1, -0.05) is 11.2 Å². The maximum Gasteiger partial charge on any atom is 0.162 e. The predicted octanol–water partition coefficient (Wildman–Crippen LogP) is 1.75. The van der Waals surface area contributed by atoms with E-state index in [1.807, 2.05) is 13.0 Å². The van der Waals surface area contributed by atoms with Gasteiger partial charge in [0.15, 0.2) is 5.76 Å². The zero-order chi connectivity index (χ0) is 9.54. The van der Waals surface area contributed by atoms with Gasteiger partial charge in [0.1, 0.15) is 0 Å². The molecule has 1 aliphatic carbocycles. The summed E-state index contributed by atoms with van der Waals surface area (Å²) in [4.78, 5) is 0. The Morgan fingerprint density at radius 3 is 3.07 bits per heavy atom. The first-order valence-corrected chi connectivity index (χ1v) is 5.19. The molecule has 0 saturated carbocycles. The monoisotopic (exact) mass is 190 g/mol. The first-order valence-electron chi connectivity index (χ1n) is 5.19. The maximum atomic E-state index is 5.27. The second kappa shape index (κ2) is 2.95. The Kier molecular flexibility index (Phi) is 1.74. The average molecular weight is 190 g/mol. The van der Waals surface area contributed by atoms with Gasteiger partial charge in [0.2, 0.25) is 0 Å². The first kappa shape index (κ1) is 8.24. The Labute approximate surface area is 83.2 Å². The van der Waals surface area contributed by atoms with Crippen LogP contribution in [0.4, 0.5) is 0 Å². The van der Waals surface area contributed by atoms with Crippen molar-refractivity contribution in [2.45, 2.75) is 25.8 Å². The zero-order valence-electron chi connectivity index (χ0n) is 8.29. The van der Waals surface area contributed by atoms with Gasteiger partial charge >= 0.3 is 0 Å². The van der Waals surface area contributed by atoms with Gasteiger partial charge in [-0.25, -0.2) is 0 Å².